The predicted molar refractivity (Wildman–Crippen MR) is 90.0 cm³/mol. The molecule has 0 spiro atoms. The number of para-hydroxylation sites is 1. The minimum absolute atomic E-state index is 0.0122. The molecule has 5 heteroatoms. The van der Waals surface area contributed by atoms with Crippen LogP contribution in [0.5, 0.6) is 0 Å². The van der Waals surface area contributed by atoms with Crippen LogP contribution >= 0.6 is 27.5 Å². The molecule has 1 heterocycles. The van der Waals surface area contributed by atoms with Gasteiger partial charge in [-0.2, -0.15) is 0 Å². The van der Waals surface area contributed by atoms with Crippen LogP contribution in [0.15, 0.2) is 46.9 Å². The second-order valence-electron chi connectivity index (χ2n) is 5.01. The summed E-state index contributed by atoms with van der Waals surface area (Å²) in [5, 5.41) is 6.92. The first-order valence-electron chi connectivity index (χ1n) is 6.74. The number of nitrogens with one attached hydrogen (secondary N) is 2. The minimum Gasteiger partial charge on any atom is -0.373 e. The van der Waals surface area contributed by atoms with E-state index in [1.807, 2.05) is 30.3 Å². The molecule has 2 aromatic rings. The van der Waals surface area contributed by atoms with Gasteiger partial charge in [-0.1, -0.05) is 29.8 Å². The first kappa shape index (κ1) is 14.4. The summed E-state index contributed by atoms with van der Waals surface area (Å²) in [6, 6.07) is 13.1. The number of fused-ring (bicyclic) bond motifs is 1. The molecule has 1 atom stereocenters. The van der Waals surface area contributed by atoms with Gasteiger partial charge in [0.2, 0.25) is 5.91 Å². The molecule has 3 nitrogen and oxygen atoms in total. The summed E-state index contributed by atoms with van der Waals surface area (Å²) in [6.45, 7) is 0. The van der Waals surface area contributed by atoms with Gasteiger partial charge in [0, 0.05) is 20.9 Å². The highest BCUT2D eigenvalue weighted by molar-refractivity contribution is 9.10. The topological polar surface area (TPSA) is 41.1 Å². The van der Waals surface area contributed by atoms with Crippen LogP contribution in [0.1, 0.15) is 12.0 Å². The number of rotatable bonds is 2. The normalized spacial score (nSPS) is 17.6. The van der Waals surface area contributed by atoms with E-state index in [1.54, 1.807) is 6.07 Å². The molecule has 0 radical (unpaired) electrons. The van der Waals surface area contributed by atoms with E-state index < -0.39 is 0 Å². The molecule has 0 saturated heterocycles. The number of aryl methyl sites for hydroxylation is 1. The van der Waals surface area contributed by atoms with E-state index in [2.05, 4.69) is 32.6 Å². The highest BCUT2D eigenvalue weighted by Gasteiger charge is 2.23. The van der Waals surface area contributed by atoms with E-state index in [0.717, 1.165) is 28.7 Å². The third-order valence-corrected chi connectivity index (χ3v) is 4.45. The summed E-state index contributed by atoms with van der Waals surface area (Å²) in [5.41, 5.74) is 2.94. The maximum Gasteiger partial charge on any atom is 0.246 e. The third-order valence-electron chi connectivity index (χ3n) is 3.55. The molecule has 1 aliphatic rings. The summed E-state index contributed by atoms with van der Waals surface area (Å²) in [6.07, 6.45) is 1.61. The summed E-state index contributed by atoms with van der Waals surface area (Å²) in [4.78, 5) is 12.3. The Morgan fingerprint density at radius 1 is 1.24 bits per heavy atom. The van der Waals surface area contributed by atoms with E-state index >= 15 is 0 Å². The van der Waals surface area contributed by atoms with Crippen molar-refractivity contribution in [2.24, 2.45) is 0 Å². The minimum atomic E-state index is -0.269. The molecule has 0 aromatic heterocycles. The van der Waals surface area contributed by atoms with Crippen LogP contribution in [0, 0.1) is 0 Å². The number of hydrogen-bond donors (Lipinski definition) is 2. The number of hydrogen-bond acceptors (Lipinski definition) is 2. The van der Waals surface area contributed by atoms with Crippen molar-refractivity contribution in [3.8, 4) is 0 Å². The SMILES string of the molecule is O=C1Nc2ccccc2CCC1Nc1ccc(Cl)cc1Br. The molecule has 2 N–H and O–H groups in total. The van der Waals surface area contributed by atoms with Crippen molar-refractivity contribution in [2.45, 2.75) is 18.9 Å². The Balaban J connectivity index is 1.80. The summed E-state index contributed by atoms with van der Waals surface area (Å²) in [5.74, 6) is -0.0122. The molecule has 1 amide bonds. The van der Waals surface area contributed by atoms with Crippen molar-refractivity contribution < 1.29 is 4.79 Å². The second kappa shape index (κ2) is 6.08. The van der Waals surface area contributed by atoms with Crippen molar-refractivity contribution >= 4 is 44.8 Å². The number of carbonyl (C=O) groups is 1. The Bertz CT molecular complexity index is 690. The Kier molecular flexibility index (Phi) is 4.17. The van der Waals surface area contributed by atoms with Gasteiger partial charge in [-0.3, -0.25) is 4.79 Å². The second-order valence-corrected chi connectivity index (χ2v) is 6.30. The molecule has 108 valence electrons. The average Bonchev–Trinajstić information content (AvgIpc) is 2.61. The molecule has 3 rings (SSSR count). The number of halogens is 2. The number of anilines is 2. The van der Waals surface area contributed by atoms with Crippen molar-refractivity contribution in [1.82, 2.24) is 0 Å². The standard InChI is InChI=1S/C16H14BrClN2O/c17-12-9-11(18)6-8-14(12)19-15-7-5-10-3-1-2-4-13(10)20-16(15)21/h1-4,6,8-9,15,19H,5,7H2,(H,20,21). The zero-order valence-corrected chi connectivity index (χ0v) is 13.5. The molecular weight excluding hydrogens is 352 g/mol. The van der Waals surface area contributed by atoms with Crippen molar-refractivity contribution in [2.75, 3.05) is 10.6 Å². The monoisotopic (exact) mass is 364 g/mol. The quantitative estimate of drug-likeness (QED) is 0.824. The summed E-state index contributed by atoms with van der Waals surface area (Å²) < 4.78 is 0.851. The van der Waals surface area contributed by atoms with Gasteiger partial charge in [-0.15, -0.1) is 0 Å². The first-order chi connectivity index (χ1) is 10.1. The largest absolute Gasteiger partial charge is 0.373 e. The highest BCUT2D eigenvalue weighted by Crippen LogP contribution is 2.28. The Labute approximate surface area is 136 Å². The Hall–Kier alpha value is -1.52. The van der Waals surface area contributed by atoms with Gasteiger partial charge in [0.25, 0.3) is 0 Å². The van der Waals surface area contributed by atoms with Gasteiger partial charge in [0.15, 0.2) is 0 Å². The lowest BCUT2D eigenvalue weighted by Gasteiger charge is -2.17. The van der Waals surface area contributed by atoms with Crippen LogP contribution in [0.4, 0.5) is 11.4 Å². The number of carbonyl (C=O) groups excluding carboxylic acids is 1. The zero-order valence-electron chi connectivity index (χ0n) is 11.2. The van der Waals surface area contributed by atoms with Gasteiger partial charge in [0.05, 0.1) is 0 Å². The van der Waals surface area contributed by atoms with Crippen LogP contribution in [0.2, 0.25) is 5.02 Å². The van der Waals surface area contributed by atoms with Gasteiger partial charge >= 0.3 is 0 Å². The van der Waals surface area contributed by atoms with Crippen LogP contribution in [-0.2, 0) is 11.2 Å². The van der Waals surface area contributed by atoms with Gasteiger partial charge < -0.3 is 10.6 Å². The zero-order chi connectivity index (χ0) is 14.8. The average molecular weight is 366 g/mol. The maximum atomic E-state index is 12.3. The van der Waals surface area contributed by atoms with E-state index in [0.29, 0.717) is 5.02 Å². The number of amides is 1. The molecule has 2 aromatic carbocycles. The number of benzene rings is 2. The predicted octanol–water partition coefficient (Wildman–Crippen LogP) is 4.47. The fourth-order valence-corrected chi connectivity index (χ4v) is 3.24. The van der Waals surface area contributed by atoms with E-state index in [4.69, 9.17) is 11.6 Å². The van der Waals surface area contributed by atoms with Crippen LogP contribution < -0.4 is 10.6 Å². The first-order valence-corrected chi connectivity index (χ1v) is 7.91. The Morgan fingerprint density at radius 2 is 2.05 bits per heavy atom. The van der Waals surface area contributed by atoms with E-state index in [1.165, 1.54) is 5.56 Å². The highest BCUT2D eigenvalue weighted by atomic mass is 79.9. The van der Waals surface area contributed by atoms with Gasteiger partial charge in [-0.25, -0.2) is 0 Å². The fraction of sp³-hybridized carbons (Fsp3) is 0.188. The lowest BCUT2D eigenvalue weighted by Crippen LogP contribution is -2.33. The molecular formula is C16H14BrClN2O. The fourth-order valence-electron chi connectivity index (χ4n) is 2.44. The molecule has 0 saturated carbocycles. The van der Waals surface area contributed by atoms with Crippen molar-refractivity contribution in [3.05, 3.63) is 57.5 Å². The molecule has 1 aliphatic heterocycles. The van der Waals surface area contributed by atoms with E-state index in [9.17, 15) is 4.79 Å². The molecule has 0 aliphatic carbocycles. The summed E-state index contributed by atoms with van der Waals surface area (Å²) >= 11 is 9.40. The van der Waals surface area contributed by atoms with Crippen molar-refractivity contribution in [3.63, 3.8) is 0 Å². The van der Waals surface area contributed by atoms with Crippen LogP contribution in [0.3, 0.4) is 0 Å². The molecule has 0 fully saturated rings. The smallest absolute Gasteiger partial charge is 0.246 e. The van der Waals surface area contributed by atoms with Gasteiger partial charge in [-0.05, 0) is 58.6 Å². The van der Waals surface area contributed by atoms with Crippen molar-refractivity contribution in [1.29, 1.82) is 0 Å². The van der Waals surface area contributed by atoms with Crippen LogP contribution in [-0.4, -0.2) is 11.9 Å². The maximum absolute atomic E-state index is 12.3. The molecule has 21 heavy (non-hydrogen) atoms. The molecule has 1 unspecified atom stereocenters. The van der Waals surface area contributed by atoms with E-state index in [-0.39, 0.29) is 11.9 Å². The Morgan fingerprint density at radius 3 is 2.86 bits per heavy atom. The lowest BCUT2D eigenvalue weighted by molar-refractivity contribution is -0.116. The lowest BCUT2D eigenvalue weighted by atomic mass is 10.1. The van der Waals surface area contributed by atoms with Gasteiger partial charge in [0.1, 0.15) is 6.04 Å². The van der Waals surface area contributed by atoms with Crippen LogP contribution in [0.25, 0.3) is 0 Å². The molecule has 0 bridgehead atoms. The summed E-state index contributed by atoms with van der Waals surface area (Å²) in [7, 11) is 0. The third kappa shape index (κ3) is 3.22.